The van der Waals surface area contributed by atoms with Crippen molar-refractivity contribution in [3.63, 3.8) is 0 Å². The molecule has 1 saturated heterocycles. The number of rotatable bonds is 4. The molecule has 2 aliphatic rings. The first-order chi connectivity index (χ1) is 11.8. The van der Waals surface area contributed by atoms with Gasteiger partial charge in [-0.15, -0.1) is 0 Å². The molecule has 1 aromatic carbocycles. The number of fused-ring (bicyclic) bond motifs is 1. The lowest BCUT2D eigenvalue weighted by Crippen LogP contribution is -2.35. The summed E-state index contributed by atoms with van der Waals surface area (Å²) in [6, 6.07) is 8.07. The van der Waals surface area contributed by atoms with Gasteiger partial charge in [-0.1, -0.05) is 31.4 Å². The number of amides is 1. The van der Waals surface area contributed by atoms with Crippen LogP contribution in [0.3, 0.4) is 0 Å². The first-order valence-electron chi connectivity index (χ1n) is 9.17. The molecular weight excluding hydrogens is 302 g/mol. The number of nitrogens with one attached hydrogen (secondary N) is 1. The minimum absolute atomic E-state index is 0.0554. The Bertz CT molecular complexity index is 672. The quantitative estimate of drug-likeness (QED) is 0.934. The van der Waals surface area contributed by atoms with Crippen LogP contribution in [0.25, 0.3) is 11.0 Å². The van der Waals surface area contributed by atoms with Crippen LogP contribution in [0.2, 0.25) is 0 Å². The maximum absolute atomic E-state index is 12.6. The maximum Gasteiger partial charge on any atom is 0.249 e. The van der Waals surface area contributed by atoms with Gasteiger partial charge in [0.1, 0.15) is 12.4 Å². The second-order valence-electron chi connectivity index (χ2n) is 6.96. The summed E-state index contributed by atoms with van der Waals surface area (Å²) in [6.45, 7) is 1.01. The second kappa shape index (κ2) is 6.93. The van der Waals surface area contributed by atoms with Gasteiger partial charge < -0.3 is 14.6 Å². The second-order valence-corrected chi connectivity index (χ2v) is 6.96. The van der Waals surface area contributed by atoms with Crippen LogP contribution in [0.1, 0.15) is 56.8 Å². The lowest BCUT2D eigenvalue weighted by molar-refractivity contribution is -0.139. The molecular formula is C19H25N3O2. The van der Waals surface area contributed by atoms with Gasteiger partial charge in [-0.2, -0.15) is 0 Å². The number of nitrogens with zero attached hydrogens (tertiary/aromatic N) is 2. The third-order valence-corrected chi connectivity index (χ3v) is 5.29. The molecule has 128 valence electrons. The summed E-state index contributed by atoms with van der Waals surface area (Å²) in [5.74, 6) is 1.00. The number of H-pyrrole nitrogens is 1. The highest BCUT2D eigenvalue weighted by Crippen LogP contribution is 2.31. The number of likely N-dealkylation sites (tertiary alicyclic amines) is 1. The third kappa shape index (κ3) is 3.18. The molecule has 0 spiro atoms. The van der Waals surface area contributed by atoms with Gasteiger partial charge in [0.15, 0.2) is 0 Å². The highest BCUT2D eigenvalue weighted by molar-refractivity contribution is 5.79. The molecule has 5 nitrogen and oxygen atoms in total. The SMILES string of the molecule is O=C(COC1CCCCC1)N1CCCC1c1nc2ccccc2[nH]1. The minimum atomic E-state index is 0.0554. The molecule has 2 heterocycles. The van der Waals surface area contributed by atoms with Gasteiger partial charge in [-0.05, 0) is 37.8 Å². The summed E-state index contributed by atoms with van der Waals surface area (Å²) in [4.78, 5) is 22.7. The van der Waals surface area contributed by atoms with E-state index in [1.54, 1.807) is 0 Å². The van der Waals surface area contributed by atoms with Crippen LogP contribution in [-0.2, 0) is 9.53 Å². The highest BCUT2D eigenvalue weighted by atomic mass is 16.5. The largest absolute Gasteiger partial charge is 0.368 e. The van der Waals surface area contributed by atoms with Crippen LogP contribution >= 0.6 is 0 Å². The summed E-state index contributed by atoms with van der Waals surface area (Å²) in [5, 5.41) is 0. The Balaban J connectivity index is 1.42. The third-order valence-electron chi connectivity index (χ3n) is 5.29. The van der Waals surface area contributed by atoms with Crippen LogP contribution in [-0.4, -0.2) is 40.0 Å². The fourth-order valence-electron chi connectivity index (χ4n) is 3.98. The minimum Gasteiger partial charge on any atom is -0.368 e. The summed E-state index contributed by atoms with van der Waals surface area (Å²) >= 11 is 0. The highest BCUT2D eigenvalue weighted by Gasteiger charge is 2.32. The molecule has 1 aliphatic carbocycles. The van der Waals surface area contributed by atoms with Crippen molar-refractivity contribution >= 4 is 16.9 Å². The number of aromatic amines is 1. The Morgan fingerprint density at radius 1 is 1.17 bits per heavy atom. The number of hydrogen-bond acceptors (Lipinski definition) is 3. The summed E-state index contributed by atoms with van der Waals surface area (Å²) in [5.41, 5.74) is 2.00. The Morgan fingerprint density at radius 3 is 2.83 bits per heavy atom. The number of imidazole rings is 1. The van der Waals surface area contributed by atoms with Gasteiger partial charge >= 0.3 is 0 Å². The lowest BCUT2D eigenvalue weighted by Gasteiger charge is -2.26. The zero-order chi connectivity index (χ0) is 16.4. The molecule has 1 aliphatic heterocycles. The number of hydrogen-bond donors (Lipinski definition) is 1. The fourth-order valence-corrected chi connectivity index (χ4v) is 3.98. The Labute approximate surface area is 142 Å². The van der Waals surface area contributed by atoms with Crippen molar-refractivity contribution in [3.8, 4) is 0 Å². The molecule has 0 radical (unpaired) electrons. The van der Waals surface area contributed by atoms with Crippen molar-refractivity contribution in [2.45, 2.75) is 57.1 Å². The number of aromatic nitrogens is 2. The van der Waals surface area contributed by atoms with E-state index in [9.17, 15) is 4.79 Å². The van der Waals surface area contributed by atoms with E-state index < -0.39 is 0 Å². The average molecular weight is 327 g/mol. The number of ether oxygens (including phenoxy) is 1. The number of carbonyl (C=O) groups excluding carboxylic acids is 1. The number of carbonyl (C=O) groups is 1. The van der Waals surface area contributed by atoms with Gasteiger partial charge in [0.2, 0.25) is 5.91 Å². The number of benzene rings is 1. The monoisotopic (exact) mass is 327 g/mol. The van der Waals surface area contributed by atoms with Gasteiger partial charge in [-0.25, -0.2) is 4.98 Å². The first-order valence-corrected chi connectivity index (χ1v) is 9.17. The molecule has 1 atom stereocenters. The standard InChI is InChI=1S/C19H25N3O2/c23-18(13-24-14-7-2-1-3-8-14)22-12-6-11-17(22)19-20-15-9-4-5-10-16(15)21-19/h4-5,9-10,14,17H,1-3,6-8,11-13H2,(H,20,21). The normalized spacial score (nSPS) is 22.3. The smallest absolute Gasteiger partial charge is 0.249 e. The molecule has 2 fully saturated rings. The van der Waals surface area contributed by atoms with E-state index in [0.717, 1.165) is 49.1 Å². The van der Waals surface area contributed by atoms with Crippen molar-refractivity contribution < 1.29 is 9.53 Å². The Hall–Kier alpha value is -1.88. The van der Waals surface area contributed by atoms with Crippen molar-refractivity contribution in [2.24, 2.45) is 0 Å². The molecule has 1 unspecified atom stereocenters. The van der Waals surface area contributed by atoms with Crippen LogP contribution in [0.4, 0.5) is 0 Å². The molecule has 1 aromatic heterocycles. The van der Waals surface area contributed by atoms with Crippen molar-refractivity contribution in [1.29, 1.82) is 0 Å². The topological polar surface area (TPSA) is 58.2 Å². The molecule has 0 bridgehead atoms. The van der Waals surface area contributed by atoms with Crippen LogP contribution in [0.15, 0.2) is 24.3 Å². The van der Waals surface area contributed by atoms with Crippen molar-refractivity contribution in [1.82, 2.24) is 14.9 Å². The predicted molar refractivity (Wildman–Crippen MR) is 92.6 cm³/mol. The van der Waals surface area contributed by atoms with E-state index in [4.69, 9.17) is 4.74 Å². The Morgan fingerprint density at radius 2 is 2.00 bits per heavy atom. The van der Waals surface area contributed by atoms with Gasteiger partial charge in [0.25, 0.3) is 0 Å². The van der Waals surface area contributed by atoms with Gasteiger partial charge in [-0.3, -0.25) is 4.79 Å². The maximum atomic E-state index is 12.6. The Kier molecular flexibility index (Phi) is 4.52. The summed E-state index contributed by atoms with van der Waals surface area (Å²) in [7, 11) is 0. The van der Waals surface area contributed by atoms with Gasteiger partial charge in [0.05, 0.1) is 23.2 Å². The van der Waals surface area contributed by atoms with Crippen molar-refractivity contribution in [3.05, 3.63) is 30.1 Å². The van der Waals surface area contributed by atoms with E-state index >= 15 is 0 Å². The van der Waals surface area contributed by atoms with E-state index in [0.29, 0.717) is 0 Å². The molecule has 1 amide bonds. The molecule has 5 heteroatoms. The molecule has 4 rings (SSSR count). The van der Waals surface area contributed by atoms with Gasteiger partial charge in [0, 0.05) is 6.54 Å². The zero-order valence-corrected chi connectivity index (χ0v) is 14.0. The number of para-hydroxylation sites is 2. The molecule has 24 heavy (non-hydrogen) atoms. The molecule has 2 aromatic rings. The van der Waals surface area contributed by atoms with Crippen LogP contribution < -0.4 is 0 Å². The molecule has 1 saturated carbocycles. The zero-order valence-electron chi connectivity index (χ0n) is 14.0. The lowest BCUT2D eigenvalue weighted by atomic mass is 9.98. The van der Waals surface area contributed by atoms with E-state index in [1.807, 2.05) is 29.2 Å². The predicted octanol–water partition coefficient (Wildman–Crippen LogP) is 3.58. The van der Waals surface area contributed by atoms with Crippen LogP contribution in [0.5, 0.6) is 0 Å². The van der Waals surface area contributed by atoms with Crippen molar-refractivity contribution in [2.75, 3.05) is 13.2 Å². The van der Waals surface area contributed by atoms with E-state index in [2.05, 4.69) is 9.97 Å². The average Bonchev–Trinajstić information content (AvgIpc) is 3.26. The van der Waals surface area contributed by atoms with E-state index in [-0.39, 0.29) is 24.7 Å². The summed E-state index contributed by atoms with van der Waals surface area (Å²) in [6.07, 6.45) is 8.21. The van der Waals surface area contributed by atoms with E-state index in [1.165, 1.54) is 19.3 Å². The first kappa shape index (κ1) is 15.6. The molecule has 1 N–H and O–H groups in total. The summed E-state index contributed by atoms with van der Waals surface area (Å²) < 4.78 is 5.88. The fraction of sp³-hybridized carbons (Fsp3) is 0.579. The van der Waals surface area contributed by atoms with Crippen LogP contribution in [0, 0.1) is 0 Å².